The summed E-state index contributed by atoms with van der Waals surface area (Å²) in [5.74, 6) is 1.96. The van der Waals surface area contributed by atoms with Crippen molar-refractivity contribution in [3.63, 3.8) is 0 Å². The molecule has 0 heterocycles. The zero-order chi connectivity index (χ0) is 9.42. The van der Waals surface area contributed by atoms with E-state index in [4.69, 9.17) is 0 Å². The third-order valence-corrected chi connectivity index (χ3v) is 3.64. The highest BCUT2D eigenvalue weighted by molar-refractivity contribution is 5.79. The van der Waals surface area contributed by atoms with E-state index in [1.54, 1.807) is 0 Å². The molecule has 2 rings (SSSR count). The predicted molar refractivity (Wildman–Crippen MR) is 52.2 cm³/mol. The fourth-order valence-electron chi connectivity index (χ4n) is 2.35. The van der Waals surface area contributed by atoms with Gasteiger partial charge >= 0.3 is 0 Å². The summed E-state index contributed by atoms with van der Waals surface area (Å²) in [6, 6.07) is 0.500. The molecule has 2 heteroatoms. The average molecular weight is 181 g/mol. The molecule has 0 saturated heterocycles. The lowest BCUT2D eigenvalue weighted by Crippen LogP contribution is -2.34. The van der Waals surface area contributed by atoms with Gasteiger partial charge in [-0.2, -0.15) is 0 Å². The number of hydrogen-bond donors (Lipinski definition) is 1. The van der Waals surface area contributed by atoms with Gasteiger partial charge in [0.15, 0.2) is 0 Å². The maximum Gasteiger partial charge on any atom is 0.223 e. The molecule has 1 N–H and O–H groups in total. The van der Waals surface area contributed by atoms with E-state index in [0.29, 0.717) is 23.8 Å². The fourth-order valence-corrected chi connectivity index (χ4v) is 2.35. The van der Waals surface area contributed by atoms with Crippen LogP contribution in [-0.4, -0.2) is 11.9 Å². The molecule has 0 aliphatic heterocycles. The molecule has 0 aromatic carbocycles. The number of nitrogens with one attached hydrogen (secondary N) is 1. The minimum absolute atomic E-state index is 0.313. The van der Waals surface area contributed by atoms with Crippen molar-refractivity contribution in [1.29, 1.82) is 0 Å². The van der Waals surface area contributed by atoms with Gasteiger partial charge in [0.25, 0.3) is 0 Å². The van der Waals surface area contributed by atoms with E-state index >= 15 is 0 Å². The van der Waals surface area contributed by atoms with Crippen molar-refractivity contribution in [3.8, 4) is 0 Å². The third kappa shape index (κ3) is 1.87. The van der Waals surface area contributed by atoms with Crippen LogP contribution in [0.2, 0.25) is 0 Å². The van der Waals surface area contributed by atoms with Crippen LogP contribution in [0.3, 0.4) is 0 Å². The van der Waals surface area contributed by atoms with Crippen LogP contribution in [0.5, 0.6) is 0 Å². The second-order valence-corrected chi connectivity index (χ2v) is 4.84. The Morgan fingerprint density at radius 3 is 2.38 bits per heavy atom. The molecular weight excluding hydrogens is 162 g/mol. The van der Waals surface area contributed by atoms with E-state index in [-0.39, 0.29) is 0 Å². The SMILES string of the molecule is CC1CC1NC(=O)C1CCCC1C. The molecule has 2 aliphatic rings. The van der Waals surface area contributed by atoms with Gasteiger partial charge in [0, 0.05) is 12.0 Å². The summed E-state index contributed by atoms with van der Waals surface area (Å²) in [7, 11) is 0. The molecular formula is C11H19NO. The van der Waals surface area contributed by atoms with Crippen LogP contribution in [0.1, 0.15) is 39.5 Å². The standard InChI is InChI=1S/C11H19NO/c1-7-4-3-5-9(7)11(13)12-10-6-8(10)2/h7-10H,3-6H2,1-2H3,(H,12,13). The van der Waals surface area contributed by atoms with Gasteiger partial charge in [0.05, 0.1) is 0 Å². The number of hydrogen-bond acceptors (Lipinski definition) is 1. The van der Waals surface area contributed by atoms with Crippen molar-refractivity contribution in [3.05, 3.63) is 0 Å². The van der Waals surface area contributed by atoms with Crippen LogP contribution in [0.4, 0.5) is 0 Å². The van der Waals surface area contributed by atoms with Crippen LogP contribution in [0, 0.1) is 17.8 Å². The maximum absolute atomic E-state index is 11.7. The van der Waals surface area contributed by atoms with Crippen LogP contribution in [-0.2, 0) is 4.79 Å². The number of amides is 1. The lowest BCUT2D eigenvalue weighted by atomic mass is 9.97. The minimum Gasteiger partial charge on any atom is -0.353 e. The summed E-state index contributed by atoms with van der Waals surface area (Å²) in [4.78, 5) is 11.7. The lowest BCUT2D eigenvalue weighted by molar-refractivity contribution is -0.126. The predicted octanol–water partition coefficient (Wildman–Crippen LogP) is 1.95. The van der Waals surface area contributed by atoms with Gasteiger partial charge < -0.3 is 5.32 Å². The third-order valence-electron chi connectivity index (χ3n) is 3.64. The molecule has 74 valence electrons. The van der Waals surface area contributed by atoms with Gasteiger partial charge in [-0.3, -0.25) is 4.79 Å². The van der Waals surface area contributed by atoms with Crippen molar-refractivity contribution in [1.82, 2.24) is 5.32 Å². The molecule has 4 atom stereocenters. The van der Waals surface area contributed by atoms with Crippen LogP contribution in [0.15, 0.2) is 0 Å². The molecule has 0 radical (unpaired) electrons. The van der Waals surface area contributed by atoms with Crippen molar-refractivity contribution < 1.29 is 4.79 Å². The molecule has 2 nitrogen and oxygen atoms in total. The van der Waals surface area contributed by atoms with E-state index in [9.17, 15) is 4.79 Å². The Hall–Kier alpha value is -0.530. The Morgan fingerprint density at radius 2 is 1.92 bits per heavy atom. The van der Waals surface area contributed by atoms with Crippen LogP contribution >= 0.6 is 0 Å². The van der Waals surface area contributed by atoms with Crippen molar-refractivity contribution in [2.24, 2.45) is 17.8 Å². The van der Waals surface area contributed by atoms with Crippen molar-refractivity contribution >= 4 is 5.91 Å². The van der Waals surface area contributed by atoms with E-state index in [0.717, 1.165) is 12.3 Å². The smallest absolute Gasteiger partial charge is 0.223 e. The monoisotopic (exact) mass is 181 g/mol. The second kappa shape index (κ2) is 3.32. The molecule has 2 aliphatic carbocycles. The first kappa shape index (κ1) is 9.04. The topological polar surface area (TPSA) is 29.1 Å². The normalized spacial score (nSPS) is 43.2. The zero-order valence-electron chi connectivity index (χ0n) is 8.55. The Labute approximate surface area is 80.1 Å². The van der Waals surface area contributed by atoms with E-state index in [2.05, 4.69) is 19.2 Å². The maximum atomic E-state index is 11.7. The van der Waals surface area contributed by atoms with E-state index in [1.165, 1.54) is 19.3 Å². The molecule has 2 fully saturated rings. The second-order valence-electron chi connectivity index (χ2n) is 4.84. The Bertz CT molecular complexity index is 214. The highest BCUT2D eigenvalue weighted by Gasteiger charge is 2.37. The van der Waals surface area contributed by atoms with Gasteiger partial charge in [-0.25, -0.2) is 0 Å². The van der Waals surface area contributed by atoms with E-state index in [1.807, 2.05) is 0 Å². The Balaban J connectivity index is 1.82. The number of carbonyl (C=O) groups excluding carboxylic acids is 1. The number of carbonyl (C=O) groups is 1. The molecule has 0 aromatic heterocycles. The average Bonchev–Trinajstić information content (AvgIpc) is 2.62. The lowest BCUT2D eigenvalue weighted by Gasteiger charge is -2.14. The molecule has 0 bridgehead atoms. The zero-order valence-corrected chi connectivity index (χ0v) is 8.55. The minimum atomic E-state index is 0.313. The van der Waals surface area contributed by atoms with Crippen molar-refractivity contribution in [2.75, 3.05) is 0 Å². The Morgan fingerprint density at radius 1 is 1.23 bits per heavy atom. The van der Waals surface area contributed by atoms with E-state index < -0.39 is 0 Å². The van der Waals surface area contributed by atoms with Gasteiger partial charge in [0.2, 0.25) is 5.91 Å². The summed E-state index contributed by atoms with van der Waals surface area (Å²) in [5, 5.41) is 3.14. The van der Waals surface area contributed by atoms with Gasteiger partial charge in [-0.1, -0.05) is 20.3 Å². The Kier molecular flexibility index (Phi) is 2.31. The van der Waals surface area contributed by atoms with Gasteiger partial charge in [-0.05, 0) is 31.1 Å². The fraction of sp³-hybridized carbons (Fsp3) is 0.909. The molecule has 1 amide bonds. The molecule has 0 spiro atoms. The van der Waals surface area contributed by atoms with Gasteiger partial charge in [-0.15, -0.1) is 0 Å². The quantitative estimate of drug-likeness (QED) is 0.693. The first-order chi connectivity index (χ1) is 6.18. The molecule has 4 unspecified atom stereocenters. The van der Waals surface area contributed by atoms with Crippen LogP contribution < -0.4 is 5.32 Å². The summed E-state index contributed by atoms with van der Waals surface area (Å²) in [6.45, 7) is 4.40. The number of rotatable bonds is 2. The first-order valence-electron chi connectivity index (χ1n) is 5.49. The van der Waals surface area contributed by atoms with Gasteiger partial charge in [0.1, 0.15) is 0 Å². The largest absolute Gasteiger partial charge is 0.353 e. The highest BCUT2D eigenvalue weighted by Crippen LogP contribution is 2.34. The first-order valence-corrected chi connectivity index (χ1v) is 5.49. The highest BCUT2D eigenvalue weighted by atomic mass is 16.2. The molecule has 2 saturated carbocycles. The van der Waals surface area contributed by atoms with Crippen molar-refractivity contribution in [2.45, 2.75) is 45.6 Å². The molecule has 13 heavy (non-hydrogen) atoms. The summed E-state index contributed by atoms with van der Waals surface area (Å²) >= 11 is 0. The summed E-state index contributed by atoms with van der Waals surface area (Å²) in [5.41, 5.74) is 0. The summed E-state index contributed by atoms with van der Waals surface area (Å²) < 4.78 is 0. The van der Waals surface area contributed by atoms with Crippen LogP contribution in [0.25, 0.3) is 0 Å². The molecule has 0 aromatic rings. The summed E-state index contributed by atoms with van der Waals surface area (Å²) in [6.07, 6.45) is 4.76.